The standard InChI is InChI=1S/C13H14S/c1-8-7-11-10-5-3-4-6-12(10)14-13(11)9(8)2/h3-6,11,13H,7H2,1-2H3. The van der Waals surface area contributed by atoms with Crippen LogP contribution in [0.3, 0.4) is 0 Å². The van der Waals surface area contributed by atoms with Crippen molar-refractivity contribution in [3.63, 3.8) is 0 Å². The highest BCUT2D eigenvalue weighted by atomic mass is 32.2. The van der Waals surface area contributed by atoms with Crippen LogP contribution < -0.4 is 0 Å². The molecule has 0 bridgehead atoms. The van der Waals surface area contributed by atoms with Crippen LogP contribution in [0.2, 0.25) is 0 Å². The van der Waals surface area contributed by atoms with Gasteiger partial charge in [-0.1, -0.05) is 29.3 Å². The van der Waals surface area contributed by atoms with E-state index < -0.39 is 0 Å². The van der Waals surface area contributed by atoms with Gasteiger partial charge in [0.05, 0.1) is 0 Å². The minimum absolute atomic E-state index is 0.743. The molecule has 1 heterocycles. The smallest absolute Gasteiger partial charge is 0.0375 e. The zero-order valence-corrected chi connectivity index (χ0v) is 9.40. The zero-order chi connectivity index (χ0) is 9.71. The van der Waals surface area contributed by atoms with E-state index >= 15 is 0 Å². The molecule has 72 valence electrons. The third kappa shape index (κ3) is 1.02. The normalized spacial score (nSPS) is 29.3. The fourth-order valence-corrected chi connectivity index (χ4v) is 4.19. The average molecular weight is 202 g/mol. The van der Waals surface area contributed by atoms with Crippen LogP contribution in [0.15, 0.2) is 40.3 Å². The Balaban J connectivity index is 2.06. The van der Waals surface area contributed by atoms with Crippen molar-refractivity contribution in [1.29, 1.82) is 0 Å². The molecular weight excluding hydrogens is 188 g/mol. The van der Waals surface area contributed by atoms with Crippen LogP contribution in [0, 0.1) is 0 Å². The summed E-state index contributed by atoms with van der Waals surface area (Å²) in [5.74, 6) is 0.774. The highest BCUT2D eigenvalue weighted by molar-refractivity contribution is 8.00. The molecule has 1 aromatic rings. The maximum absolute atomic E-state index is 2.30. The van der Waals surface area contributed by atoms with E-state index in [4.69, 9.17) is 0 Å². The van der Waals surface area contributed by atoms with Crippen molar-refractivity contribution < 1.29 is 0 Å². The summed E-state index contributed by atoms with van der Waals surface area (Å²) in [7, 11) is 0. The van der Waals surface area contributed by atoms with Gasteiger partial charge in [0.2, 0.25) is 0 Å². The SMILES string of the molecule is CC1=C(C)C2Sc3ccccc3C2C1. The monoisotopic (exact) mass is 202 g/mol. The molecular formula is C13H14S. The Bertz CT molecular complexity index is 417. The van der Waals surface area contributed by atoms with Crippen LogP contribution in [0.1, 0.15) is 31.7 Å². The number of fused-ring (bicyclic) bond motifs is 3. The van der Waals surface area contributed by atoms with E-state index in [-0.39, 0.29) is 0 Å². The predicted octanol–water partition coefficient (Wildman–Crippen LogP) is 3.98. The first-order valence-electron chi connectivity index (χ1n) is 5.19. The number of allylic oxidation sites excluding steroid dienone is 1. The lowest BCUT2D eigenvalue weighted by Crippen LogP contribution is -2.03. The summed E-state index contributed by atoms with van der Waals surface area (Å²) in [5.41, 5.74) is 4.82. The lowest BCUT2D eigenvalue weighted by Gasteiger charge is -2.10. The van der Waals surface area contributed by atoms with E-state index in [0.717, 1.165) is 11.2 Å². The molecule has 0 spiro atoms. The lowest BCUT2D eigenvalue weighted by molar-refractivity contribution is 0.750. The fraction of sp³-hybridized carbons (Fsp3) is 0.385. The molecule has 0 fully saturated rings. The van der Waals surface area contributed by atoms with E-state index in [0.29, 0.717) is 0 Å². The Hall–Kier alpha value is -0.690. The number of thioether (sulfide) groups is 1. The molecule has 2 atom stereocenters. The zero-order valence-electron chi connectivity index (χ0n) is 8.58. The minimum atomic E-state index is 0.743. The Kier molecular flexibility index (Phi) is 1.78. The quantitative estimate of drug-likeness (QED) is 0.573. The third-order valence-electron chi connectivity index (χ3n) is 3.56. The van der Waals surface area contributed by atoms with Gasteiger partial charge in [-0.25, -0.2) is 0 Å². The van der Waals surface area contributed by atoms with Crippen LogP contribution in [-0.4, -0.2) is 5.25 Å². The summed E-state index contributed by atoms with van der Waals surface area (Å²) in [6.07, 6.45) is 1.28. The highest BCUT2D eigenvalue weighted by Gasteiger charge is 2.38. The van der Waals surface area contributed by atoms with Crippen molar-refractivity contribution in [1.82, 2.24) is 0 Å². The van der Waals surface area contributed by atoms with Gasteiger partial charge in [-0.05, 0) is 31.9 Å². The van der Waals surface area contributed by atoms with Crippen LogP contribution in [-0.2, 0) is 0 Å². The minimum Gasteiger partial charge on any atom is -0.117 e. The molecule has 0 saturated carbocycles. The van der Waals surface area contributed by atoms with Crippen molar-refractivity contribution in [2.24, 2.45) is 0 Å². The Labute approximate surface area is 89.4 Å². The van der Waals surface area contributed by atoms with Gasteiger partial charge in [-0.3, -0.25) is 0 Å². The molecule has 0 saturated heterocycles. The lowest BCUT2D eigenvalue weighted by atomic mass is 9.95. The average Bonchev–Trinajstić information content (AvgIpc) is 2.67. The number of benzene rings is 1. The molecule has 0 radical (unpaired) electrons. The van der Waals surface area contributed by atoms with Crippen LogP contribution in [0.4, 0.5) is 0 Å². The molecule has 0 amide bonds. The first-order chi connectivity index (χ1) is 6.77. The second kappa shape index (κ2) is 2.90. The first-order valence-corrected chi connectivity index (χ1v) is 6.07. The maximum Gasteiger partial charge on any atom is 0.0375 e. The highest BCUT2D eigenvalue weighted by Crippen LogP contribution is 2.54. The van der Waals surface area contributed by atoms with E-state index in [2.05, 4.69) is 49.9 Å². The molecule has 3 rings (SSSR count). The maximum atomic E-state index is 2.30. The van der Waals surface area contributed by atoms with Gasteiger partial charge in [0.25, 0.3) is 0 Å². The second-order valence-corrected chi connectivity index (χ2v) is 5.53. The van der Waals surface area contributed by atoms with E-state index in [1.165, 1.54) is 11.3 Å². The van der Waals surface area contributed by atoms with Crippen molar-refractivity contribution in [3.8, 4) is 0 Å². The van der Waals surface area contributed by atoms with Gasteiger partial charge < -0.3 is 0 Å². The fourth-order valence-electron chi connectivity index (χ4n) is 2.62. The second-order valence-electron chi connectivity index (χ2n) is 4.35. The van der Waals surface area contributed by atoms with Crippen molar-refractivity contribution in [3.05, 3.63) is 41.0 Å². The Morgan fingerprint density at radius 2 is 2.00 bits per heavy atom. The van der Waals surface area contributed by atoms with Crippen molar-refractivity contribution in [2.45, 2.75) is 36.3 Å². The topological polar surface area (TPSA) is 0 Å². The molecule has 2 unspecified atom stereocenters. The molecule has 2 aliphatic rings. The molecule has 0 aromatic heterocycles. The van der Waals surface area contributed by atoms with Crippen molar-refractivity contribution in [2.75, 3.05) is 0 Å². The summed E-state index contributed by atoms with van der Waals surface area (Å²) >= 11 is 2.06. The molecule has 14 heavy (non-hydrogen) atoms. The van der Waals surface area contributed by atoms with Gasteiger partial charge in [-0.2, -0.15) is 0 Å². The summed E-state index contributed by atoms with van der Waals surface area (Å²) < 4.78 is 0. The van der Waals surface area contributed by atoms with E-state index in [1.54, 1.807) is 16.7 Å². The van der Waals surface area contributed by atoms with Gasteiger partial charge in [0.15, 0.2) is 0 Å². The molecule has 0 nitrogen and oxygen atoms in total. The number of rotatable bonds is 0. The van der Waals surface area contributed by atoms with E-state index in [9.17, 15) is 0 Å². The molecule has 1 heteroatoms. The number of hydrogen-bond donors (Lipinski definition) is 0. The Morgan fingerprint density at radius 1 is 1.21 bits per heavy atom. The Morgan fingerprint density at radius 3 is 2.86 bits per heavy atom. The van der Waals surface area contributed by atoms with Gasteiger partial charge in [0, 0.05) is 16.1 Å². The molecule has 1 aromatic carbocycles. The van der Waals surface area contributed by atoms with Crippen LogP contribution in [0.25, 0.3) is 0 Å². The van der Waals surface area contributed by atoms with Crippen molar-refractivity contribution >= 4 is 11.8 Å². The van der Waals surface area contributed by atoms with Crippen LogP contribution in [0.5, 0.6) is 0 Å². The predicted molar refractivity (Wildman–Crippen MR) is 61.8 cm³/mol. The number of hydrogen-bond acceptors (Lipinski definition) is 1. The molecule has 1 aliphatic heterocycles. The molecule has 0 N–H and O–H groups in total. The van der Waals surface area contributed by atoms with Gasteiger partial charge >= 0.3 is 0 Å². The third-order valence-corrected chi connectivity index (χ3v) is 5.13. The summed E-state index contributed by atoms with van der Waals surface area (Å²) in [6.45, 7) is 4.59. The summed E-state index contributed by atoms with van der Waals surface area (Å²) in [5, 5.41) is 0.743. The molecule has 1 aliphatic carbocycles. The summed E-state index contributed by atoms with van der Waals surface area (Å²) in [6, 6.07) is 8.89. The van der Waals surface area contributed by atoms with Crippen LogP contribution >= 0.6 is 11.8 Å². The van der Waals surface area contributed by atoms with E-state index in [1.807, 2.05) is 0 Å². The van der Waals surface area contributed by atoms with Gasteiger partial charge in [0.1, 0.15) is 0 Å². The van der Waals surface area contributed by atoms with Gasteiger partial charge in [-0.15, -0.1) is 11.8 Å². The first kappa shape index (κ1) is 8.60. The largest absolute Gasteiger partial charge is 0.117 e. The summed E-state index contributed by atoms with van der Waals surface area (Å²) in [4.78, 5) is 1.51.